The van der Waals surface area contributed by atoms with Gasteiger partial charge in [-0.05, 0) is 6.92 Å². The van der Waals surface area contributed by atoms with E-state index in [4.69, 9.17) is 14.2 Å². The molecule has 0 aromatic heterocycles. The van der Waals surface area contributed by atoms with Crippen molar-refractivity contribution in [2.24, 2.45) is 5.92 Å². The van der Waals surface area contributed by atoms with Gasteiger partial charge in [0.2, 0.25) is 0 Å². The molecule has 0 aliphatic carbocycles. The Morgan fingerprint density at radius 2 is 2.38 bits per heavy atom. The third kappa shape index (κ3) is 2.67. The molecule has 0 radical (unpaired) electrons. The van der Waals surface area contributed by atoms with Gasteiger partial charge in [0.25, 0.3) is 0 Å². The van der Waals surface area contributed by atoms with E-state index in [0.717, 1.165) is 0 Å². The summed E-state index contributed by atoms with van der Waals surface area (Å²) in [7, 11) is 1.57. The van der Waals surface area contributed by atoms with Crippen LogP contribution in [0.5, 0.6) is 0 Å². The minimum atomic E-state index is -0.134. The number of carbonyl (C=O) groups is 1. The molecule has 1 heterocycles. The first kappa shape index (κ1) is 10.5. The molecule has 13 heavy (non-hydrogen) atoms. The Labute approximate surface area is 78.2 Å². The Morgan fingerprint density at radius 1 is 1.69 bits per heavy atom. The molecule has 0 bridgehead atoms. The van der Waals surface area contributed by atoms with E-state index in [1.165, 1.54) is 0 Å². The number of ether oxygens (including phenoxy) is 3. The van der Waals surface area contributed by atoms with Gasteiger partial charge >= 0.3 is 5.97 Å². The van der Waals surface area contributed by atoms with Gasteiger partial charge in [-0.15, -0.1) is 0 Å². The lowest BCUT2D eigenvalue weighted by Gasteiger charge is -2.21. The van der Waals surface area contributed by atoms with Gasteiger partial charge in [-0.25, -0.2) is 0 Å². The number of hydrogen-bond donors (Lipinski definition) is 0. The molecule has 1 saturated heterocycles. The second-order valence-corrected chi connectivity index (χ2v) is 3.41. The summed E-state index contributed by atoms with van der Waals surface area (Å²) in [5, 5.41) is 0. The molecule has 0 unspecified atom stereocenters. The Balaban J connectivity index is 2.37. The SMILES string of the molecule is COCO[C@@H](C)[C@@H]1OC(=O)C[C@H]1C. The number of esters is 1. The third-order valence-corrected chi connectivity index (χ3v) is 2.23. The zero-order valence-corrected chi connectivity index (χ0v) is 8.28. The maximum Gasteiger partial charge on any atom is 0.306 e. The van der Waals surface area contributed by atoms with Crippen molar-refractivity contribution in [1.82, 2.24) is 0 Å². The van der Waals surface area contributed by atoms with E-state index in [0.29, 0.717) is 6.42 Å². The number of methoxy groups -OCH3 is 1. The van der Waals surface area contributed by atoms with Crippen LogP contribution in [0.1, 0.15) is 20.3 Å². The lowest BCUT2D eigenvalue weighted by Crippen LogP contribution is -2.30. The van der Waals surface area contributed by atoms with E-state index in [9.17, 15) is 4.79 Å². The van der Waals surface area contributed by atoms with E-state index in [-0.39, 0.29) is 30.9 Å². The summed E-state index contributed by atoms with van der Waals surface area (Å²) in [6, 6.07) is 0. The molecule has 76 valence electrons. The first-order valence-electron chi connectivity index (χ1n) is 4.45. The fraction of sp³-hybridized carbons (Fsp3) is 0.889. The summed E-state index contributed by atoms with van der Waals surface area (Å²) in [4.78, 5) is 10.9. The third-order valence-electron chi connectivity index (χ3n) is 2.23. The maximum atomic E-state index is 10.9. The van der Waals surface area contributed by atoms with E-state index in [1.54, 1.807) is 7.11 Å². The quantitative estimate of drug-likeness (QED) is 0.486. The van der Waals surface area contributed by atoms with Crippen LogP contribution in [0.15, 0.2) is 0 Å². The van der Waals surface area contributed by atoms with E-state index in [2.05, 4.69) is 0 Å². The van der Waals surface area contributed by atoms with Gasteiger partial charge in [-0.3, -0.25) is 4.79 Å². The van der Waals surface area contributed by atoms with Crippen molar-refractivity contribution >= 4 is 5.97 Å². The Kier molecular flexibility index (Phi) is 3.69. The molecule has 1 rings (SSSR count). The standard InChI is InChI=1S/C9H16O4/c1-6-4-8(10)13-9(6)7(2)12-5-11-3/h6-7,9H,4-5H2,1-3H3/t6-,7+,9-/m1/s1. The number of carbonyl (C=O) groups excluding carboxylic acids is 1. The topological polar surface area (TPSA) is 44.8 Å². The maximum absolute atomic E-state index is 10.9. The van der Waals surface area contributed by atoms with E-state index >= 15 is 0 Å². The highest BCUT2D eigenvalue weighted by molar-refractivity contribution is 5.72. The number of rotatable bonds is 4. The van der Waals surface area contributed by atoms with Crippen LogP contribution in [-0.4, -0.2) is 32.1 Å². The number of hydrogen-bond acceptors (Lipinski definition) is 4. The molecular formula is C9H16O4. The zero-order chi connectivity index (χ0) is 9.84. The molecule has 0 N–H and O–H groups in total. The van der Waals surface area contributed by atoms with Gasteiger partial charge in [0.15, 0.2) is 0 Å². The van der Waals surface area contributed by atoms with Crippen LogP contribution in [-0.2, 0) is 19.0 Å². The highest BCUT2D eigenvalue weighted by Crippen LogP contribution is 2.25. The first-order chi connectivity index (χ1) is 6.15. The largest absolute Gasteiger partial charge is 0.459 e. The van der Waals surface area contributed by atoms with Gasteiger partial charge < -0.3 is 14.2 Å². The van der Waals surface area contributed by atoms with E-state index in [1.807, 2.05) is 13.8 Å². The first-order valence-corrected chi connectivity index (χ1v) is 4.45. The average molecular weight is 188 g/mol. The van der Waals surface area contributed by atoms with Crippen molar-refractivity contribution in [2.75, 3.05) is 13.9 Å². The highest BCUT2D eigenvalue weighted by atomic mass is 16.7. The molecule has 0 amide bonds. The summed E-state index contributed by atoms with van der Waals surface area (Å²) in [6.07, 6.45) is 0.273. The molecular weight excluding hydrogens is 172 g/mol. The van der Waals surface area contributed by atoms with E-state index < -0.39 is 0 Å². The van der Waals surface area contributed by atoms with Crippen LogP contribution in [0.2, 0.25) is 0 Å². The Hall–Kier alpha value is -0.610. The normalized spacial score (nSPS) is 30.2. The second kappa shape index (κ2) is 4.58. The summed E-state index contributed by atoms with van der Waals surface area (Å²) in [5.74, 6) is 0.102. The average Bonchev–Trinajstić information content (AvgIpc) is 2.41. The summed E-state index contributed by atoms with van der Waals surface area (Å²) < 4.78 is 15.2. The molecule has 3 atom stereocenters. The van der Waals surface area contributed by atoms with Crippen LogP contribution in [0.25, 0.3) is 0 Å². The monoisotopic (exact) mass is 188 g/mol. The van der Waals surface area contributed by atoms with Gasteiger partial charge in [-0.1, -0.05) is 6.92 Å². The molecule has 1 aliphatic heterocycles. The molecule has 4 heteroatoms. The zero-order valence-electron chi connectivity index (χ0n) is 8.28. The highest BCUT2D eigenvalue weighted by Gasteiger charge is 2.35. The van der Waals surface area contributed by atoms with Crippen molar-refractivity contribution in [1.29, 1.82) is 0 Å². The van der Waals surface area contributed by atoms with Crippen molar-refractivity contribution in [3.8, 4) is 0 Å². The molecule has 1 aliphatic rings. The molecule has 0 spiro atoms. The van der Waals surface area contributed by atoms with Crippen LogP contribution >= 0.6 is 0 Å². The molecule has 0 aromatic carbocycles. The van der Waals surface area contributed by atoms with Crippen molar-refractivity contribution in [3.63, 3.8) is 0 Å². The predicted molar refractivity (Wildman–Crippen MR) is 46.1 cm³/mol. The predicted octanol–water partition coefficient (Wildman–Crippen LogP) is 0.947. The summed E-state index contributed by atoms with van der Waals surface area (Å²) in [6.45, 7) is 4.11. The molecule has 0 saturated carbocycles. The van der Waals surface area contributed by atoms with Crippen molar-refractivity contribution in [2.45, 2.75) is 32.5 Å². The fourth-order valence-electron chi connectivity index (χ4n) is 1.52. The number of cyclic esters (lactones) is 1. The van der Waals surface area contributed by atoms with Gasteiger partial charge in [0.1, 0.15) is 12.9 Å². The van der Waals surface area contributed by atoms with Crippen LogP contribution in [0.4, 0.5) is 0 Å². The van der Waals surface area contributed by atoms with Crippen molar-refractivity contribution < 1.29 is 19.0 Å². The Morgan fingerprint density at radius 3 is 2.85 bits per heavy atom. The smallest absolute Gasteiger partial charge is 0.306 e. The molecule has 0 aromatic rings. The lowest BCUT2D eigenvalue weighted by molar-refractivity contribution is -0.153. The van der Waals surface area contributed by atoms with Gasteiger partial charge in [0, 0.05) is 13.0 Å². The summed E-state index contributed by atoms with van der Waals surface area (Å²) >= 11 is 0. The van der Waals surface area contributed by atoms with Crippen LogP contribution in [0.3, 0.4) is 0 Å². The minimum absolute atomic E-state index is 0.0959. The minimum Gasteiger partial charge on any atom is -0.459 e. The van der Waals surface area contributed by atoms with Gasteiger partial charge in [0.05, 0.1) is 12.5 Å². The molecule has 1 fully saturated rings. The fourth-order valence-corrected chi connectivity index (χ4v) is 1.52. The van der Waals surface area contributed by atoms with Crippen LogP contribution in [0, 0.1) is 5.92 Å². The lowest BCUT2D eigenvalue weighted by atomic mass is 10.0. The van der Waals surface area contributed by atoms with Gasteiger partial charge in [-0.2, -0.15) is 0 Å². The van der Waals surface area contributed by atoms with Crippen molar-refractivity contribution in [3.05, 3.63) is 0 Å². The second-order valence-electron chi connectivity index (χ2n) is 3.41. The Bertz CT molecular complexity index is 180. The molecule has 4 nitrogen and oxygen atoms in total. The summed E-state index contributed by atoms with van der Waals surface area (Å²) in [5.41, 5.74) is 0. The van der Waals surface area contributed by atoms with Crippen LogP contribution < -0.4 is 0 Å².